The number of rotatable bonds is 9. The molecule has 31 heavy (non-hydrogen) atoms. The van der Waals surface area contributed by atoms with E-state index in [1.807, 2.05) is 6.92 Å². The first-order chi connectivity index (χ1) is 14.4. The highest BCUT2D eigenvalue weighted by Gasteiger charge is 2.38. The van der Waals surface area contributed by atoms with E-state index in [1.165, 1.54) is 18.7 Å². The van der Waals surface area contributed by atoms with Crippen molar-refractivity contribution in [2.75, 3.05) is 44.8 Å². The zero-order valence-corrected chi connectivity index (χ0v) is 20.0. The average molecular weight is 479 g/mol. The van der Waals surface area contributed by atoms with Crippen LogP contribution in [0.25, 0.3) is 0 Å². The lowest BCUT2D eigenvalue weighted by atomic mass is 10.2. The summed E-state index contributed by atoms with van der Waals surface area (Å²) in [6, 6.07) is 0. The smallest absolute Gasteiger partial charge is 0.342 e. The van der Waals surface area contributed by atoms with Crippen molar-refractivity contribution in [1.82, 2.24) is 9.21 Å². The first-order valence-corrected chi connectivity index (χ1v) is 13.4. The Hall–Kier alpha value is -1.92. The number of hydrogen-bond donors (Lipinski definition) is 0. The van der Waals surface area contributed by atoms with Crippen molar-refractivity contribution in [3.8, 4) is 0 Å². The van der Waals surface area contributed by atoms with E-state index in [2.05, 4.69) is 0 Å². The molecule has 0 saturated carbocycles. The van der Waals surface area contributed by atoms with Crippen LogP contribution in [0, 0.1) is 13.8 Å². The molecule has 1 saturated heterocycles. The molecule has 1 aromatic rings. The highest BCUT2D eigenvalue weighted by atomic mass is 32.2. The number of methoxy groups -OCH3 is 1. The molecular weight excluding hydrogens is 448 g/mol. The molecule has 1 aliphatic rings. The molecule has 0 aliphatic carbocycles. The Morgan fingerprint density at radius 2 is 1.61 bits per heavy atom. The van der Waals surface area contributed by atoms with Crippen LogP contribution in [0.15, 0.2) is 9.31 Å². The third-order valence-corrected chi connectivity index (χ3v) is 8.84. The number of sulfone groups is 1. The predicted molar refractivity (Wildman–Crippen MR) is 113 cm³/mol. The number of carbonyl (C=O) groups is 2. The molecule has 2 heterocycles. The van der Waals surface area contributed by atoms with E-state index in [1.54, 1.807) is 0 Å². The first kappa shape index (κ1) is 25.3. The normalized spacial score (nSPS) is 15.8. The molecule has 0 atom stereocenters. The number of carbonyl (C=O) groups excluding carboxylic acids is 2. The van der Waals surface area contributed by atoms with Crippen LogP contribution in [0.1, 0.15) is 48.1 Å². The fourth-order valence-electron chi connectivity index (χ4n) is 3.54. The van der Waals surface area contributed by atoms with E-state index in [0.717, 1.165) is 24.3 Å². The van der Waals surface area contributed by atoms with Gasteiger partial charge in [-0.2, -0.15) is 4.31 Å². The highest BCUT2D eigenvalue weighted by Crippen LogP contribution is 2.30. The number of nitrogens with zero attached hydrogens (tertiary/aromatic N) is 2. The maximum absolute atomic E-state index is 13.2. The molecule has 0 spiro atoms. The van der Waals surface area contributed by atoms with Gasteiger partial charge in [0.05, 0.1) is 12.9 Å². The number of sulfonamides is 1. The Balaban J connectivity index is 2.09. The summed E-state index contributed by atoms with van der Waals surface area (Å²) in [5.41, 5.74) is -0.142. The Bertz CT molecular complexity index is 1020. The van der Waals surface area contributed by atoms with E-state index in [0.29, 0.717) is 6.42 Å². The summed E-state index contributed by atoms with van der Waals surface area (Å²) in [5, 5.41) is 0. The number of esters is 1. The Kier molecular flexibility index (Phi) is 8.28. The number of piperazine rings is 1. The van der Waals surface area contributed by atoms with Gasteiger partial charge in [0.15, 0.2) is 9.84 Å². The zero-order chi connectivity index (χ0) is 23.4. The zero-order valence-electron chi connectivity index (χ0n) is 18.3. The topological polar surface area (TPSA) is 131 Å². The summed E-state index contributed by atoms with van der Waals surface area (Å²) in [5.74, 6) is -1.72. The second-order valence-corrected chi connectivity index (χ2v) is 11.6. The van der Waals surface area contributed by atoms with Gasteiger partial charge < -0.3 is 14.1 Å². The molecule has 0 radical (unpaired) electrons. The largest absolute Gasteiger partial charge is 0.465 e. The molecule has 0 aromatic carbocycles. The minimum absolute atomic E-state index is 0.0196. The molecular formula is C19H30N2O8S2. The highest BCUT2D eigenvalue weighted by molar-refractivity contribution is 7.92. The van der Waals surface area contributed by atoms with Gasteiger partial charge in [-0.25, -0.2) is 21.6 Å². The van der Waals surface area contributed by atoms with Gasteiger partial charge in [-0.1, -0.05) is 19.8 Å². The number of ether oxygens (including phenoxy) is 1. The molecule has 176 valence electrons. The lowest BCUT2D eigenvalue weighted by molar-refractivity contribution is -0.129. The van der Waals surface area contributed by atoms with E-state index >= 15 is 0 Å². The first-order valence-electron chi connectivity index (χ1n) is 10.1. The lowest BCUT2D eigenvalue weighted by Crippen LogP contribution is -2.51. The number of aryl methyl sites for hydroxylation is 2. The fraction of sp³-hybridized carbons (Fsp3) is 0.684. The SMILES string of the molecule is CCCCCS(=O)(=O)CC(=O)N1CCN(S(=O)(=O)c2c(C)oc(C)c2C(=O)OC)CC1. The Labute approximate surface area is 183 Å². The maximum Gasteiger partial charge on any atom is 0.342 e. The van der Waals surface area contributed by atoms with Crippen LogP contribution in [-0.4, -0.2) is 82.7 Å². The summed E-state index contributed by atoms with van der Waals surface area (Å²) in [4.78, 5) is 25.6. The predicted octanol–water partition coefficient (Wildman–Crippen LogP) is 1.12. The molecule has 12 heteroatoms. The minimum Gasteiger partial charge on any atom is -0.465 e. The van der Waals surface area contributed by atoms with Crippen molar-refractivity contribution in [2.45, 2.75) is 44.9 Å². The van der Waals surface area contributed by atoms with Gasteiger partial charge in [-0.15, -0.1) is 0 Å². The summed E-state index contributed by atoms with van der Waals surface area (Å²) < 4.78 is 61.8. The number of unbranched alkanes of at least 4 members (excludes halogenated alkanes) is 2. The van der Waals surface area contributed by atoms with Crippen LogP contribution >= 0.6 is 0 Å². The van der Waals surface area contributed by atoms with E-state index < -0.39 is 37.5 Å². The minimum atomic E-state index is -4.07. The molecule has 1 amide bonds. The molecule has 0 unspecified atom stereocenters. The standard InChI is InChI=1S/C19H30N2O8S2/c1-5-6-7-12-30(24,25)13-16(22)20-8-10-21(11-9-20)31(26,27)18-15(3)29-14(2)17(18)19(23)28-4/h5-13H2,1-4H3. The molecule has 2 rings (SSSR count). The van der Waals surface area contributed by atoms with Gasteiger partial charge in [0, 0.05) is 26.2 Å². The monoisotopic (exact) mass is 478 g/mol. The number of amides is 1. The molecule has 1 fully saturated rings. The van der Waals surface area contributed by atoms with Crippen LogP contribution in [0.3, 0.4) is 0 Å². The molecule has 0 bridgehead atoms. The van der Waals surface area contributed by atoms with Crippen molar-refractivity contribution in [1.29, 1.82) is 0 Å². The second-order valence-electron chi connectivity index (χ2n) is 7.49. The molecule has 1 aliphatic heterocycles. The van der Waals surface area contributed by atoms with Crippen LogP contribution in [-0.2, 0) is 29.4 Å². The van der Waals surface area contributed by atoms with E-state index in [-0.39, 0.29) is 53.9 Å². The third kappa shape index (κ3) is 5.86. The Morgan fingerprint density at radius 1 is 1.00 bits per heavy atom. The summed E-state index contributed by atoms with van der Waals surface area (Å²) in [7, 11) is -6.42. The van der Waals surface area contributed by atoms with Crippen LogP contribution in [0.5, 0.6) is 0 Å². The maximum atomic E-state index is 13.2. The van der Waals surface area contributed by atoms with Crippen molar-refractivity contribution in [2.24, 2.45) is 0 Å². The quantitative estimate of drug-likeness (QED) is 0.381. The summed E-state index contributed by atoms with van der Waals surface area (Å²) in [6.45, 7) is 4.98. The van der Waals surface area contributed by atoms with Crippen molar-refractivity contribution < 1.29 is 35.6 Å². The van der Waals surface area contributed by atoms with Gasteiger partial charge >= 0.3 is 5.97 Å². The van der Waals surface area contributed by atoms with Crippen LogP contribution < -0.4 is 0 Å². The second kappa shape index (κ2) is 10.1. The summed E-state index contributed by atoms with van der Waals surface area (Å²) in [6.07, 6.45) is 2.18. The van der Waals surface area contributed by atoms with Gasteiger partial charge in [0.1, 0.15) is 27.7 Å². The summed E-state index contributed by atoms with van der Waals surface area (Å²) >= 11 is 0. The van der Waals surface area contributed by atoms with Crippen LogP contribution in [0.2, 0.25) is 0 Å². The van der Waals surface area contributed by atoms with E-state index in [9.17, 15) is 26.4 Å². The van der Waals surface area contributed by atoms with Crippen molar-refractivity contribution in [3.63, 3.8) is 0 Å². The van der Waals surface area contributed by atoms with Gasteiger partial charge in [0.25, 0.3) is 0 Å². The molecule has 1 aromatic heterocycles. The lowest BCUT2D eigenvalue weighted by Gasteiger charge is -2.34. The third-order valence-electron chi connectivity index (χ3n) is 5.19. The average Bonchev–Trinajstić information content (AvgIpc) is 3.01. The number of hydrogen-bond acceptors (Lipinski definition) is 8. The molecule has 10 nitrogen and oxygen atoms in total. The van der Waals surface area contributed by atoms with Crippen molar-refractivity contribution >= 4 is 31.7 Å². The Morgan fingerprint density at radius 3 is 2.16 bits per heavy atom. The van der Waals surface area contributed by atoms with Gasteiger partial charge in [-0.3, -0.25) is 4.79 Å². The fourth-order valence-corrected chi connectivity index (χ4v) is 6.68. The molecule has 0 N–H and O–H groups in total. The van der Waals surface area contributed by atoms with Gasteiger partial charge in [-0.05, 0) is 20.3 Å². The van der Waals surface area contributed by atoms with Gasteiger partial charge in [0.2, 0.25) is 15.9 Å². The van der Waals surface area contributed by atoms with E-state index in [4.69, 9.17) is 9.15 Å². The van der Waals surface area contributed by atoms with Crippen molar-refractivity contribution in [3.05, 3.63) is 17.1 Å². The van der Waals surface area contributed by atoms with Crippen LogP contribution in [0.4, 0.5) is 0 Å². The number of furan rings is 1.